The molecule has 0 atom stereocenters. The molecule has 0 saturated carbocycles. The lowest BCUT2D eigenvalue weighted by Crippen LogP contribution is -2.01. The lowest BCUT2D eigenvalue weighted by molar-refractivity contribution is 0.629. The third-order valence-corrected chi connectivity index (χ3v) is 3.50. The van der Waals surface area contributed by atoms with E-state index in [9.17, 15) is 9.18 Å². The highest BCUT2D eigenvalue weighted by Gasteiger charge is 2.08. The van der Waals surface area contributed by atoms with Gasteiger partial charge in [-0.2, -0.15) is 0 Å². The molecule has 0 saturated heterocycles. The third-order valence-electron chi connectivity index (χ3n) is 3.50. The molecule has 1 heterocycles. The molecule has 96 valence electrons. The van der Waals surface area contributed by atoms with E-state index in [0.717, 1.165) is 5.39 Å². The Balaban J connectivity index is 2.25. The Morgan fingerprint density at radius 1 is 0.800 bits per heavy atom. The number of para-hydroxylation sites is 1. The number of hydrogen-bond acceptors (Lipinski definition) is 2. The Hall–Kier alpha value is -2.68. The largest absolute Gasteiger partial charge is 0.456 e. The molecular formula is C17H9FO2. The predicted molar refractivity (Wildman–Crippen MR) is 77.5 cm³/mol. The van der Waals surface area contributed by atoms with Gasteiger partial charge in [-0.3, -0.25) is 4.79 Å². The van der Waals surface area contributed by atoms with Crippen molar-refractivity contribution in [2.45, 2.75) is 0 Å². The zero-order valence-electron chi connectivity index (χ0n) is 10.4. The second-order valence-electron chi connectivity index (χ2n) is 4.77. The van der Waals surface area contributed by atoms with Crippen LogP contribution in [0.15, 0.2) is 63.8 Å². The highest BCUT2D eigenvalue weighted by Crippen LogP contribution is 2.24. The first kappa shape index (κ1) is 11.2. The second-order valence-corrected chi connectivity index (χ2v) is 4.77. The third kappa shape index (κ3) is 1.53. The van der Waals surface area contributed by atoms with Crippen molar-refractivity contribution in [3.8, 4) is 0 Å². The first-order valence-corrected chi connectivity index (χ1v) is 6.27. The van der Waals surface area contributed by atoms with E-state index in [1.807, 2.05) is 6.07 Å². The van der Waals surface area contributed by atoms with E-state index in [1.165, 1.54) is 12.1 Å². The van der Waals surface area contributed by atoms with Gasteiger partial charge in [-0.15, -0.1) is 0 Å². The van der Waals surface area contributed by atoms with Gasteiger partial charge in [0.15, 0.2) is 0 Å². The maximum Gasteiger partial charge on any atom is 0.200 e. The molecule has 1 aromatic heterocycles. The minimum atomic E-state index is -0.318. The van der Waals surface area contributed by atoms with Gasteiger partial charge in [0, 0.05) is 0 Å². The number of benzene rings is 3. The van der Waals surface area contributed by atoms with Gasteiger partial charge in [0.05, 0.1) is 10.8 Å². The topological polar surface area (TPSA) is 30.2 Å². The van der Waals surface area contributed by atoms with E-state index in [-0.39, 0.29) is 11.2 Å². The number of rotatable bonds is 0. The lowest BCUT2D eigenvalue weighted by Gasteiger charge is -2.03. The van der Waals surface area contributed by atoms with Crippen LogP contribution in [0.3, 0.4) is 0 Å². The molecule has 2 nitrogen and oxygen atoms in total. The van der Waals surface area contributed by atoms with Crippen LogP contribution in [0, 0.1) is 5.82 Å². The minimum absolute atomic E-state index is 0.0898. The standard InChI is InChI=1S/C17H9FO2/c18-12-6-5-10-9-16-14(8-11(10)7-12)17(19)13-3-1-2-4-15(13)20-16/h1-9H. The number of halogens is 1. The average molecular weight is 264 g/mol. The van der Waals surface area contributed by atoms with Crippen molar-refractivity contribution in [1.29, 1.82) is 0 Å². The molecule has 0 bridgehead atoms. The summed E-state index contributed by atoms with van der Waals surface area (Å²) in [5, 5.41) is 2.55. The summed E-state index contributed by atoms with van der Waals surface area (Å²) in [6, 6.07) is 15.1. The van der Waals surface area contributed by atoms with E-state index in [4.69, 9.17) is 4.42 Å². The van der Waals surface area contributed by atoms with Crippen molar-refractivity contribution in [3.63, 3.8) is 0 Å². The van der Waals surface area contributed by atoms with Gasteiger partial charge >= 0.3 is 0 Å². The molecule has 0 spiro atoms. The normalized spacial score (nSPS) is 11.4. The molecule has 0 aliphatic carbocycles. The Labute approximate surface area is 113 Å². The van der Waals surface area contributed by atoms with Gasteiger partial charge in [-0.05, 0) is 47.2 Å². The van der Waals surface area contributed by atoms with Gasteiger partial charge in [0.1, 0.15) is 17.0 Å². The summed E-state index contributed by atoms with van der Waals surface area (Å²) in [6.45, 7) is 0. The van der Waals surface area contributed by atoms with E-state index in [1.54, 1.807) is 36.4 Å². The summed E-state index contributed by atoms with van der Waals surface area (Å²) in [6.07, 6.45) is 0. The molecule has 4 aromatic rings. The fourth-order valence-electron chi connectivity index (χ4n) is 2.52. The van der Waals surface area contributed by atoms with Gasteiger partial charge < -0.3 is 4.42 Å². The maximum atomic E-state index is 13.3. The van der Waals surface area contributed by atoms with Crippen LogP contribution in [-0.4, -0.2) is 0 Å². The minimum Gasteiger partial charge on any atom is -0.456 e. The van der Waals surface area contributed by atoms with Crippen molar-refractivity contribution in [2.24, 2.45) is 0 Å². The molecular weight excluding hydrogens is 255 g/mol. The summed E-state index contributed by atoms with van der Waals surface area (Å²) in [5.41, 5.74) is 0.993. The van der Waals surface area contributed by atoms with Crippen LogP contribution in [0.2, 0.25) is 0 Å². The van der Waals surface area contributed by atoms with Crippen LogP contribution in [0.5, 0.6) is 0 Å². The quantitative estimate of drug-likeness (QED) is 0.445. The van der Waals surface area contributed by atoms with Crippen molar-refractivity contribution in [2.75, 3.05) is 0 Å². The monoisotopic (exact) mass is 264 g/mol. The molecule has 3 aromatic carbocycles. The van der Waals surface area contributed by atoms with Crippen LogP contribution < -0.4 is 5.43 Å². The Morgan fingerprint density at radius 3 is 2.55 bits per heavy atom. The van der Waals surface area contributed by atoms with Gasteiger partial charge in [-0.1, -0.05) is 18.2 Å². The van der Waals surface area contributed by atoms with E-state index in [0.29, 0.717) is 27.3 Å². The maximum absolute atomic E-state index is 13.3. The second kappa shape index (κ2) is 3.90. The summed E-state index contributed by atoms with van der Waals surface area (Å²) in [7, 11) is 0. The first-order valence-electron chi connectivity index (χ1n) is 6.27. The smallest absolute Gasteiger partial charge is 0.200 e. The Bertz CT molecular complexity index is 1030. The molecule has 0 fully saturated rings. The average Bonchev–Trinajstić information content (AvgIpc) is 2.46. The molecule has 0 N–H and O–H groups in total. The van der Waals surface area contributed by atoms with Crippen LogP contribution >= 0.6 is 0 Å². The fraction of sp³-hybridized carbons (Fsp3) is 0. The first-order chi connectivity index (χ1) is 9.72. The zero-order chi connectivity index (χ0) is 13.7. The van der Waals surface area contributed by atoms with Crippen LogP contribution in [-0.2, 0) is 0 Å². The Morgan fingerprint density at radius 2 is 1.65 bits per heavy atom. The lowest BCUT2D eigenvalue weighted by atomic mass is 10.1. The van der Waals surface area contributed by atoms with Crippen molar-refractivity contribution in [1.82, 2.24) is 0 Å². The van der Waals surface area contributed by atoms with Crippen LogP contribution in [0.1, 0.15) is 0 Å². The summed E-state index contributed by atoms with van der Waals surface area (Å²) >= 11 is 0. The van der Waals surface area contributed by atoms with Crippen molar-refractivity contribution < 1.29 is 8.81 Å². The molecule has 0 aliphatic rings. The van der Waals surface area contributed by atoms with Gasteiger partial charge in [-0.25, -0.2) is 4.39 Å². The summed E-state index contributed by atoms with van der Waals surface area (Å²) < 4.78 is 19.1. The van der Waals surface area contributed by atoms with E-state index < -0.39 is 0 Å². The summed E-state index contributed by atoms with van der Waals surface area (Å²) in [5.74, 6) is -0.318. The molecule has 0 amide bonds. The SMILES string of the molecule is O=c1c2ccccc2oc2cc3ccc(F)cc3cc12. The summed E-state index contributed by atoms with van der Waals surface area (Å²) in [4.78, 5) is 12.5. The molecule has 20 heavy (non-hydrogen) atoms. The zero-order valence-corrected chi connectivity index (χ0v) is 10.4. The highest BCUT2D eigenvalue weighted by molar-refractivity contribution is 5.99. The number of hydrogen-bond donors (Lipinski definition) is 0. The fourth-order valence-corrected chi connectivity index (χ4v) is 2.52. The molecule has 0 aliphatic heterocycles. The van der Waals surface area contributed by atoms with Crippen molar-refractivity contribution in [3.05, 3.63) is 70.6 Å². The predicted octanol–water partition coefficient (Wildman–Crippen LogP) is 4.24. The van der Waals surface area contributed by atoms with Gasteiger partial charge in [0.2, 0.25) is 5.43 Å². The van der Waals surface area contributed by atoms with E-state index >= 15 is 0 Å². The van der Waals surface area contributed by atoms with Crippen molar-refractivity contribution >= 4 is 32.7 Å². The molecule has 0 unspecified atom stereocenters. The van der Waals surface area contributed by atoms with E-state index in [2.05, 4.69) is 0 Å². The van der Waals surface area contributed by atoms with Crippen LogP contribution in [0.4, 0.5) is 4.39 Å². The molecule has 4 rings (SSSR count). The molecule has 0 radical (unpaired) electrons. The Kier molecular flexibility index (Phi) is 2.18. The van der Waals surface area contributed by atoms with Gasteiger partial charge in [0.25, 0.3) is 0 Å². The number of fused-ring (bicyclic) bond motifs is 3. The highest BCUT2D eigenvalue weighted by atomic mass is 19.1. The van der Waals surface area contributed by atoms with Crippen LogP contribution in [0.25, 0.3) is 32.7 Å². The molecule has 3 heteroatoms.